The van der Waals surface area contributed by atoms with Gasteiger partial charge < -0.3 is 26.1 Å². The summed E-state index contributed by atoms with van der Waals surface area (Å²) < 4.78 is 5.46. The number of aromatic nitrogens is 5. The molecular weight excluding hydrogens is 490 g/mol. The summed E-state index contributed by atoms with van der Waals surface area (Å²) in [4.78, 5) is 22.3. The number of benzene rings is 3. The van der Waals surface area contributed by atoms with Crippen LogP contribution in [0.4, 0.5) is 40.9 Å². The highest BCUT2D eigenvalue weighted by atomic mass is 16.3. The van der Waals surface area contributed by atoms with Crippen LogP contribution >= 0.6 is 0 Å². The number of rotatable bonds is 8. The molecule has 0 aliphatic rings. The van der Waals surface area contributed by atoms with Crippen LogP contribution in [0, 0.1) is 0 Å². The third kappa shape index (κ3) is 5.81. The minimum Gasteiger partial charge on any atom is -0.463 e. The SMILES string of the molecule is Nc1nc(-c2ccc(Nc3nc(Nc4ccccc4)nc(Nc4ccccc4)n3)cc2)cc(-c2ccco2)n1. The summed E-state index contributed by atoms with van der Waals surface area (Å²) >= 11 is 0. The van der Waals surface area contributed by atoms with E-state index in [0.29, 0.717) is 35.0 Å². The van der Waals surface area contributed by atoms with Gasteiger partial charge in [-0.05, 0) is 54.6 Å². The normalized spacial score (nSPS) is 10.7. The maximum Gasteiger partial charge on any atom is 0.233 e. The first-order valence-corrected chi connectivity index (χ1v) is 12.1. The summed E-state index contributed by atoms with van der Waals surface area (Å²) in [5, 5.41) is 9.73. The van der Waals surface area contributed by atoms with Gasteiger partial charge in [-0.2, -0.15) is 15.0 Å². The summed E-state index contributed by atoms with van der Waals surface area (Å²) in [5.41, 5.74) is 10.7. The number of nitrogen functional groups attached to an aromatic ring is 1. The van der Waals surface area contributed by atoms with Crippen LogP contribution in [0.3, 0.4) is 0 Å². The number of anilines is 7. The predicted molar refractivity (Wildman–Crippen MR) is 152 cm³/mol. The molecule has 0 bridgehead atoms. The molecule has 0 saturated heterocycles. The van der Waals surface area contributed by atoms with E-state index in [-0.39, 0.29) is 5.95 Å². The Labute approximate surface area is 224 Å². The van der Waals surface area contributed by atoms with Gasteiger partial charge in [-0.15, -0.1) is 0 Å². The molecule has 6 aromatic rings. The highest BCUT2D eigenvalue weighted by Gasteiger charge is 2.11. The number of para-hydroxylation sites is 2. The van der Waals surface area contributed by atoms with Crippen molar-refractivity contribution in [3.63, 3.8) is 0 Å². The third-order valence-corrected chi connectivity index (χ3v) is 5.65. The lowest BCUT2D eigenvalue weighted by molar-refractivity contribution is 0.580. The number of nitrogens with two attached hydrogens (primary N) is 1. The van der Waals surface area contributed by atoms with Gasteiger partial charge in [-0.3, -0.25) is 0 Å². The number of hydrogen-bond acceptors (Lipinski definition) is 10. The van der Waals surface area contributed by atoms with Crippen LogP contribution < -0.4 is 21.7 Å². The van der Waals surface area contributed by atoms with E-state index in [2.05, 4.69) is 40.9 Å². The monoisotopic (exact) mass is 513 g/mol. The average molecular weight is 514 g/mol. The maximum absolute atomic E-state index is 5.96. The van der Waals surface area contributed by atoms with Crippen LogP contribution in [0.5, 0.6) is 0 Å². The van der Waals surface area contributed by atoms with Gasteiger partial charge in [0.15, 0.2) is 5.76 Å². The van der Waals surface area contributed by atoms with Crippen LogP contribution in [0.25, 0.3) is 22.7 Å². The first kappa shape index (κ1) is 23.6. The molecule has 3 aromatic heterocycles. The number of furan rings is 1. The summed E-state index contributed by atoms with van der Waals surface area (Å²) in [6.07, 6.45) is 1.59. The van der Waals surface area contributed by atoms with Crippen molar-refractivity contribution in [2.24, 2.45) is 0 Å². The highest BCUT2D eigenvalue weighted by Crippen LogP contribution is 2.27. The van der Waals surface area contributed by atoms with Crippen LogP contribution in [0.2, 0.25) is 0 Å². The highest BCUT2D eigenvalue weighted by molar-refractivity contribution is 5.70. The maximum atomic E-state index is 5.96. The van der Waals surface area contributed by atoms with E-state index in [1.165, 1.54) is 0 Å². The second-order valence-corrected chi connectivity index (χ2v) is 8.46. The fraction of sp³-hybridized carbons (Fsp3) is 0. The lowest BCUT2D eigenvalue weighted by atomic mass is 10.1. The Morgan fingerprint density at radius 3 is 1.54 bits per heavy atom. The second-order valence-electron chi connectivity index (χ2n) is 8.46. The topological polar surface area (TPSA) is 140 Å². The Hall–Kier alpha value is -5.77. The molecule has 0 fully saturated rings. The van der Waals surface area contributed by atoms with Crippen molar-refractivity contribution in [3.8, 4) is 22.7 Å². The number of nitrogens with one attached hydrogen (secondary N) is 3. The summed E-state index contributed by atoms with van der Waals surface area (Å²) in [7, 11) is 0. The van der Waals surface area contributed by atoms with E-state index in [1.807, 2.05) is 97.1 Å². The molecule has 0 aliphatic carbocycles. The molecule has 0 unspecified atom stereocenters. The van der Waals surface area contributed by atoms with Gasteiger partial charge >= 0.3 is 0 Å². The van der Waals surface area contributed by atoms with Gasteiger partial charge in [-0.25, -0.2) is 9.97 Å². The quantitative estimate of drug-likeness (QED) is 0.181. The smallest absolute Gasteiger partial charge is 0.233 e. The average Bonchev–Trinajstić information content (AvgIpc) is 3.50. The molecular formula is C29H23N9O. The molecule has 3 aromatic carbocycles. The van der Waals surface area contributed by atoms with E-state index in [4.69, 9.17) is 10.2 Å². The minimum absolute atomic E-state index is 0.170. The van der Waals surface area contributed by atoms with Crippen molar-refractivity contribution < 1.29 is 4.42 Å². The van der Waals surface area contributed by atoms with Crippen molar-refractivity contribution in [3.05, 3.63) is 109 Å². The first-order valence-electron chi connectivity index (χ1n) is 12.1. The number of nitrogens with zero attached hydrogens (tertiary/aromatic N) is 5. The van der Waals surface area contributed by atoms with Gasteiger partial charge in [0.1, 0.15) is 5.69 Å². The Kier molecular flexibility index (Phi) is 6.47. The summed E-state index contributed by atoms with van der Waals surface area (Å²) in [6, 6.07) is 32.6. The number of hydrogen-bond donors (Lipinski definition) is 4. The summed E-state index contributed by atoms with van der Waals surface area (Å²) in [5.74, 6) is 1.97. The molecule has 0 spiro atoms. The molecule has 6 rings (SSSR count). The second kappa shape index (κ2) is 10.7. The lowest BCUT2D eigenvalue weighted by Crippen LogP contribution is -2.07. The van der Waals surface area contributed by atoms with Gasteiger partial charge in [0, 0.05) is 22.6 Å². The van der Waals surface area contributed by atoms with Crippen molar-refractivity contribution in [2.75, 3.05) is 21.7 Å². The van der Waals surface area contributed by atoms with Crippen molar-refractivity contribution in [1.29, 1.82) is 0 Å². The molecule has 0 atom stereocenters. The molecule has 0 amide bonds. The Morgan fingerprint density at radius 2 is 1.03 bits per heavy atom. The Morgan fingerprint density at radius 1 is 0.513 bits per heavy atom. The van der Waals surface area contributed by atoms with Crippen molar-refractivity contribution in [1.82, 2.24) is 24.9 Å². The molecule has 0 saturated carbocycles. The van der Waals surface area contributed by atoms with Gasteiger partial charge in [0.2, 0.25) is 23.8 Å². The van der Waals surface area contributed by atoms with Crippen LogP contribution in [-0.2, 0) is 0 Å². The van der Waals surface area contributed by atoms with Crippen LogP contribution in [0.1, 0.15) is 0 Å². The van der Waals surface area contributed by atoms with E-state index >= 15 is 0 Å². The van der Waals surface area contributed by atoms with E-state index in [9.17, 15) is 0 Å². The van der Waals surface area contributed by atoms with Crippen molar-refractivity contribution >= 4 is 40.9 Å². The molecule has 10 nitrogen and oxygen atoms in total. The fourth-order valence-corrected chi connectivity index (χ4v) is 3.86. The van der Waals surface area contributed by atoms with Crippen LogP contribution in [0.15, 0.2) is 114 Å². The minimum atomic E-state index is 0.170. The van der Waals surface area contributed by atoms with Crippen LogP contribution in [-0.4, -0.2) is 24.9 Å². The Bertz CT molecular complexity index is 1610. The summed E-state index contributed by atoms with van der Waals surface area (Å²) in [6.45, 7) is 0. The van der Waals surface area contributed by atoms with E-state index < -0.39 is 0 Å². The zero-order chi connectivity index (χ0) is 26.4. The van der Waals surface area contributed by atoms with Gasteiger partial charge in [-0.1, -0.05) is 48.5 Å². The standard InChI is InChI=1S/C29H23N9O/c30-26-34-23(18-24(35-26)25-12-7-17-39-25)19-13-15-22(16-14-19)33-29-37-27(31-20-8-3-1-4-9-20)36-28(38-29)32-21-10-5-2-6-11-21/h1-18H,(H2,30,34,35)(H3,31,32,33,36,37,38). The molecule has 10 heteroatoms. The zero-order valence-corrected chi connectivity index (χ0v) is 20.6. The molecule has 0 aliphatic heterocycles. The van der Waals surface area contributed by atoms with E-state index in [1.54, 1.807) is 12.3 Å². The first-order chi connectivity index (χ1) is 19.2. The Balaban J connectivity index is 1.26. The predicted octanol–water partition coefficient (Wildman–Crippen LogP) is 6.40. The molecule has 5 N–H and O–H groups in total. The molecule has 39 heavy (non-hydrogen) atoms. The van der Waals surface area contributed by atoms with E-state index in [0.717, 1.165) is 22.6 Å². The van der Waals surface area contributed by atoms with Crippen molar-refractivity contribution in [2.45, 2.75) is 0 Å². The lowest BCUT2D eigenvalue weighted by Gasteiger charge is -2.12. The van der Waals surface area contributed by atoms with Gasteiger partial charge in [0.05, 0.1) is 12.0 Å². The van der Waals surface area contributed by atoms with Gasteiger partial charge in [0.25, 0.3) is 0 Å². The third-order valence-electron chi connectivity index (χ3n) is 5.65. The molecule has 190 valence electrons. The zero-order valence-electron chi connectivity index (χ0n) is 20.6. The largest absolute Gasteiger partial charge is 0.463 e. The molecule has 3 heterocycles. The fourth-order valence-electron chi connectivity index (χ4n) is 3.86. The molecule has 0 radical (unpaired) electrons.